The number of nitrogens with zero attached hydrogens (tertiary/aromatic N) is 4. The average Bonchev–Trinajstić information content (AvgIpc) is 3.09. The summed E-state index contributed by atoms with van der Waals surface area (Å²) in [5, 5.41) is 14.7. The quantitative estimate of drug-likeness (QED) is 0.631. The molecule has 2 aromatic carbocycles. The van der Waals surface area contributed by atoms with E-state index in [9.17, 15) is 18.0 Å². The zero-order chi connectivity index (χ0) is 20.3. The molecule has 1 heterocycles. The van der Waals surface area contributed by atoms with E-state index in [0.29, 0.717) is 16.5 Å². The van der Waals surface area contributed by atoms with Crippen LogP contribution in [0, 0.1) is 0 Å². The second-order valence-electron chi connectivity index (χ2n) is 5.98. The van der Waals surface area contributed by atoms with E-state index in [2.05, 4.69) is 20.8 Å². The summed E-state index contributed by atoms with van der Waals surface area (Å²) in [5.74, 6) is -0.195. The Bertz CT molecular complexity index is 972. The fourth-order valence-corrected chi connectivity index (χ4v) is 3.44. The number of hydrogen-bond acceptors (Lipinski definition) is 5. The number of carbonyl (C=O) groups excluding carboxylic acids is 1. The molecule has 28 heavy (non-hydrogen) atoms. The van der Waals surface area contributed by atoms with E-state index >= 15 is 0 Å². The van der Waals surface area contributed by atoms with E-state index in [4.69, 9.17) is 0 Å². The highest BCUT2D eigenvalue weighted by Crippen LogP contribution is 2.36. The number of benzene rings is 2. The fourth-order valence-electron chi connectivity index (χ4n) is 2.50. The predicted molar refractivity (Wildman–Crippen MR) is 99.2 cm³/mol. The van der Waals surface area contributed by atoms with Crippen molar-refractivity contribution in [2.24, 2.45) is 0 Å². The number of alkyl halides is 3. The van der Waals surface area contributed by atoms with Crippen LogP contribution >= 0.6 is 11.8 Å². The minimum atomic E-state index is -4.36. The van der Waals surface area contributed by atoms with Crippen molar-refractivity contribution in [3.63, 3.8) is 0 Å². The first-order valence-electron chi connectivity index (χ1n) is 8.24. The zero-order valence-electron chi connectivity index (χ0n) is 14.9. The number of thioether (sulfide) groups is 1. The van der Waals surface area contributed by atoms with Gasteiger partial charge in [-0.15, -0.1) is 5.10 Å². The van der Waals surface area contributed by atoms with Gasteiger partial charge >= 0.3 is 6.18 Å². The van der Waals surface area contributed by atoms with Crippen molar-refractivity contribution >= 4 is 23.4 Å². The van der Waals surface area contributed by atoms with Crippen LogP contribution in [0.5, 0.6) is 0 Å². The monoisotopic (exact) mass is 407 g/mol. The number of tetrazole rings is 1. The van der Waals surface area contributed by atoms with Gasteiger partial charge in [-0.3, -0.25) is 4.79 Å². The molecule has 10 heteroatoms. The van der Waals surface area contributed by atoms with Crippen molar-refractivity contribution in [2.75, 3.05) is 5.32 Å². The van der Waals surface area contributed by atoms with Gasteiger partial charge in [0.1, 0.15) is 0 Å². The summed E-state index contributed by atoms with van der Waals surface area (Å²) in [6.07, 6.45) is -4.36. The molecule has 146 valence electrons. The molecule has 3 aromatic rings. The highest BCUT2D eigenvalue weighted by molar-refractivity contribution is 7.99. The first-order valence-corrected chi connectivity index (χ1v) is 9.12. The predicted octanol–water partition coefficient (Wildman–Crippen LogP) is 4.49. The molecule has 6 nitrogen and oxygen atoms in total. The maximum atomic E-state index is 12.7. The van der Waals surface area contributed by atoms with Crippen molar-refractivity contribution in [3.05, 3.63) is 59.7 Å². The maximum Gasteiger partial charge on any atom is 0.416 e. The van der Waals surface area contributed by atoms with Crippen LogP contribution in [0.25, 0.3) is 5.69 Å². The second kappa shape index (κ2) is 8.01. The number of rotatable bonds is 5. The molecule has 0 saturated carbocycles. The van der Waals surface area contributed by atoms with Crippen LogP contribution in [0.4, 0.5) is 18.9 Å². The lowest BCUT2D eigenvalue weighted by molar-refractivity contribution is -0.137. The third-order valence-corrected chi connectivity index (χ3v) is 4.93. The Morgan fingerprint density at radius 3 is 2.54 bits per heavy atom. The van der Waals surface area contributed by atoms with E-state index in [1.165, 1.54) is 35.5 Å². The number of carbonyl (C=O) groups is 1. The number of amides is 1. The average molecular weight is 407 g/mol. The van der Waals surface area contributed by atoms with Gasteiger partial charge in [0.25, 0.3) is 0 Å². The van der Waals surface area contributed by atoms with Crippen LogP contribution in [0.15, 0.2) is 53.7 Å². The van der Waals surface area contributed by atoms with Gasteiger partial charge in [0, 0.05) is 17.9 Å². The van der Waals surface area contributed by atoms with Crippen LogP contribution in [-0.4, -0.2) is 26.1 Å². The molecule has 0 bridgehead atoms. The van der Waals surface area contributed by atoms with Crippen LogP contribution in [0.3, 0.4) is 0 Å². The molecular weight excluding hydrogens is 391 g/mol. The fraction of sp³-hybridized carbons (Fsp3) is 0.222. The summed E-state index contributed by atoms with van der Waals surface area (Å²) in [6, 6.07) is 12.0. The van der Waals surface area contributed by atoms with E-state index in [0.717, 1.165) is 17.7 Å². The summed E-state index contributed by atoms with van der Waals surface area (Å²) >= 11 is 1.32. The summed E-state index contributed by atoms with van der Waals surface area (Å²) < 4.78 is 39.7. The Labute approximate surface area is 163 Å². The molecule has 0 fully saturated rings. The number of aromatic nitrogens is 4. The summed E-state index contributed by atoms with van der Waals surface area (Å²) in [7, 11) is 0. The Morgan fingerprint density at radius 1 is 1.18 bits per heavy atom. The standard InChI is InChI=1S/C18H16F3N5OS/c1-11(13-6-8-14(9-7-13)18(19,20)21)28-17-23-24-25-26(17)16-5-3-4-15(10-16)22-12(2)27/h3-11H,1-2H3,(H,22,27). The van der Waals surface area contributed by atoms with Gasteiger partial charge in [0.15, 0.2) is 0 Å². The lowest BCUT2D eigenvalue weighted by Gasteiger charge is -2.13. The zero-order valence-corrected chi connectivity index (χ0v) is 15.8. The molecule has 1 unspecified atom stereocenters. The molecule has 0 aliphatic carbocycles. The largest absolute Gasteiger partial charge is 0.416 e. The van der Waals surface area contributed by atoms with Gasteiger partial charge in [-0.1, -0.05) is 30.0 Å². The SMILES string of the molecule is CC(=O)Nc1cccc(-n2nnnc2SC(C)c2ccc(C(F)(F)F)cc2)c1. The van der Waals surface area contributed by atoms with Crippen LogP contribution in [-0.2, 0) is 11.0 Å². The van der Waals surface area contributed by atoms with E-state index in [1.807, 2.05) is 6.92 Å². The van der Waals surface area contributed by atoms with Gasteiger partial charge in [-0.25, -0.2) is 0 Å². The Hall–Kier alpha value is -2.88. The van der Waals surface area contributed by atoms with Gasteiger partial charge in [-0.05, 0) is 53.2 Å². The van der Waals surface area contributed by atoms with E-state index in [-0.39, 0.29) is 11.2 Å². The lowest BCUT2D eigenvalue weighted by Crippen LogP contribution is -2.07. The molecule has 0 spiro atoms. The molecule has 1 amide bonds. The Morgan fingerprint density at radius 2 is 1.89 bits per heavy atom. The third-order valence-electron chi connectivity index (χ3n) is 3.84. The van der Waals surface area contributed by atoms with Crippen molar-refractivity contribution in [1.82, 2.24) is 20.2 Å². The second-order valence-corrected chi connectivity index (χ2v) is 7.29. The number of hydrogen-bond donors (Lipinski definition) is 1. The van der Waals surface area contributed by atoms with Crippen molar-refractivity contribution in [3.8, 4) is 5.69 Å². The third kappa shape index (κ3) is 4.69. The van der Waals surface area contributed by atoms with Gasteiger partial charge < -0.3 is 5.32 Å². The molecular formula is C18H16F3N5OS. The first kappa shape index (κ1) is 19.9. The minimum Gasteiger partial charge on any atom is -0.326 e. The molecule has 3 rings (SSSR count). The smallest absolute Gasteiger partial charge is 0.326 e. The normalized spacial score (nSPS) is 12.6. The Kier molecular flexibility index (Phi) is 5.68. The molecule has 0 aliphatic rings. The number of anilines is 1. The Balaban J connectivity index is 1.80. The van der Waals surface area contributed by atoms with E-state index in [1.54, 1.807) is 24.3 Å². The highest BCUT2D eigenvalue weighted by Gasteiger charge is 2.30. The molecule has 1 aromatic heterocycles. The molecule has 0 aliphatic heterocycles. The topological polar surface area (TPSA) is 72.7 Å². The van der Waals surface area contributed by atoms with Crippen molar-refractivity contribution in [2.45, 2.75) is 30.4 Å². The van der Waals surface area contributed by atoms with Crippen molar-refractivity contribution < 1.29 is 18.0 Å². The number of halogens is 3. The van der Waals surface area contributed by atoms with Gasteiger partial charge in [0.2, 0.25) is 11.1 Å². The molecule has 1 N–H and O–H groups in total. The van der Waals surface area contributed by atoms with Crippen LogP contribution in [0.1, 0.15) is 30.2 Å². The van der Waals surface area contributed by atoms with Crippen molar-refractivity contribution in [1.29, 1.82) is 0 Å². The van der Waals surface area contributed by atoms with Gasteiger partial charge in [-0.2, -0.15) is 17.9 Å². The van der Waals surface area contributed by atoms with E-state index < -0.39 is 11.7 Å². The lowest BCUT2D eigenvalue weighted by atomic mass is 10.1. The van der Waals surface area contributed by atoms with Gasteiger partial charge in [0.05, 0.1) is 11.3 Å². The summed E-state index contributed by atoms with van der Waals surface area (Å²) in [5.41, 5.74) is 1.29. The summed E-state index contributed by atoms with van der Waals surface area (Å²) in [4.78, 5) is 11.2. The van der Waals surface area contributed by atoms with Crippen LogP contribution < -0.4 is 5.32 Å². The van der Waals surface area contributed by atoms with Crippen LogP contribution in [0.2, 0.25) is 0 Å². The summed E-state index contributed by atoms with van der Waals surface area (Å²) in [6.45, 7) is 3.27. The first-order chi connectivity index (χ1) is 13.2. The highest BCUT2D eigenvalue weighted by atomic mass is 32.2. The number of nitrogens with one attached hydrogen (secondary N) is 1. The maximum absolute atomic E-state index is 12.7. The molecule has 0 saturated heterocycles. The molecule has 0 radical (unpaired) electrons. The minimum absolute atomic E-state index is 0.175. The molecule has 1 atom stereocenters.